The number of hydrogen-bond donors (Lipinski definition) is 1. The molecule has 0 aliphatic carbocycles. The van der Waals surface area contributed by atoms with Gasteiger partial charge in [0.25, 0.3) is 0 Å². The van der Waals surface area contributed by atoms with E-state index in [1.54, 1.807) is 0 Å². The molecule has 0 saturated carbocycles. The molecule has 0 heterocycles. The van der Waals surface area contributed by atoms with E-state index in [-0.39, 0.29) is 5.56 Å². The lowest BCUT2D eigenvalue weighted by Gasteiger charge is -2.10. The maximum absolute atomic E-state index is 13.0. The zero-order valence-corrected chi connectivity index (χ0v) is 8.01. The molecular formula is C10H8F4O2. The Morgan fingerprint density at radius 3 is 2.44 bits per heavy atom. The molecule has 2 nitrogen and oxygen atoms in total. The van der Waals surface area contributed by atoms with Crippen molar-refractivity contribution in [1.82, 2.24) is 0 Å². The molecule has 0 radical (unpaired) electrons. The summed E-state index contributed by atoms with van der Waals surface area (Å²) in [5.74, 6) is -7.93. The van der Waals surface area contributed by atoms with E-state index < -0.39 is 36.4 Å². The van der Waals surface area contributed by atoms with Gasteiger partial charge in [-0.2, -0.15) is 8.78 Å². The lowest BCUT2D eigenvalue weighted by molar-refractivity contribution is -0.165. The molecule has 0 aliphatic heterocycles. The van der Waals surface area contributed by atoms with Crippen molar-refractivity contribution in [1.29, 1.82) is 0 Å². The van der Waals surface area contributed by atoms with Crippen LogP contribution < -0.4 is 0 Å². The van der Waals surface area contributed by atoms with Crippen molar-refractivity contribution in [3.63, 3.8) is 0 Å². The van der Waals surface area contributed by atoms with Gasteiger partial charge in [0.15, 0.2) is 0 Å². The van der Waals surface area contributed by atoms with E-state index in [4.69, 9.17) is 5.11 Å². The van der Waals surface area contributed by atoms with E-state index in [0.717, 1.165) is 12.1 Å². The summed E-state index contributed by atoms with van der Waals surface area (Å²) in [6, 6.07) is 2.51. The monoisotopic (exact) mass is 236 g/mol. The zero-order chi connectivity index (χ0) is 12.3. The van der Waals surface area contributed by atoms with E-state index in [0.29, 0.717) is 6.07 Å². The smallest absolute Gasteiger partial charge is 0.374 e. The quantitative estimate of drug-likeness (QED) is 0.816. The molecular weight excluding hydrogens is 228 g/mol. The van der Waals surface area contributed by atoms with Crippen LogP contribution in [0, 0.1) is 11.6 Å². The molecule has 0 unspecified atom stereocenters. The van der Waals surface area contributed by atoms with Crippen molar-refractivity contribution in [3.05, 3.63) is 35.4 Å². The molecule has 0 fully saturated rings. The van der Waals surface area contributed by atoms with Gasteiger partial charge in [0.2, 0.25) is 0 Å². The molecule has 0 saturated heterocycles. The van der Waals surface area contributed by atoms with Crippen LogP contribution in [-0.4, -0.2) is 17.0 Å². The number of hydrogen-bond acceptors (Lipinski definition) is 1. The highest BCUT2D eigenvalue weighted by Crippen LogP contribution is 2.22. The Morgan fingerprint density at radius 2 is 1.94 bits per heavy atom. The summed E-state index contributed by atoms with van der Waals surface area (Å²) in [5, 5.41) is 8.13. The van der Waals surface area contributed by atoms with Gasteiger partial charge in [-0.15, -0.1) is 0 Å². The molecule has 6 heteroatoms. The minimum absolute atomic E-state index is 0.137. The Morgan fingerprint density at radius 1 is 1.31 bits per heavy atom. The van der Waals surface area contributed by atoms with Gasteiger partial charge < -0.3 is 5.11 Å². The summed E-state index contributed by atoms with van der Waals surface area (Å²) in [5.41, 5.74) is -0.137. The van der Waals surface area contributed by atoms with Crippen LogP contribution in [-0.2, 0) is 11.2 Å². The third kappa shape index (κ3) is 2.95. The third-order valence-electron chi connectivity index (χ3n) is 2.04. The second-order valence-electron chi connectivity index (χ2n) is 3.25. The summed E-state index contributed by atoms with van der Waals surface area (Å²) in [4.78, 5) is 10.1. The van der Waals surface area contributed by atoms with E-state index in [9.17, 15) is 22.4 Å². The van der Waals surface area contributed by atoms with E-state index in [1.807, 2.05) is 0 Å². The summed E-state index contributed by atoms with van der Waals surface area (Å²) < 4.78 is 50.8. The molecule has 0 aliphatic rings. The highest BCUT2D eigenvalue weighted by Gasteiger charge is 2.38. The molecule has 0 spiro atoms. The van der Waals surface area contributed by atoms with Crippen molar-refractivity contribution in [2.75, 3.05) is 0 Å². The molecule has 0 atom stereocenters. The van der Waals surface area contributed by atoms with Crippen LogP contribution in [0.3, 0.4) is 0 Å². The molecule has 0 amide bonds. The Bertz CT molecular complexity index is 404. The second kappa shape index (κ2) is 4.51. The number of carbonyl (C=O) groups is 1. The number of benzene rings is 1. The van der Waals surface area contributed by atoms with Gasteiger partial charge in [-0.05, 0) is 18.1 Å². The lowest BCUT2D eigenvalue weighted by Crippen LogP contribution is -2.28. The maximum Gasteiger partial charge on any atom is 0.374 e. The Labute approximate surface area is 88.5 Å². The van der Waals surface area contributed by atoms with Gasteiger partial charge in [-0.25, -0.2) is 13.6 Å². The first-order valence-electron chi connectivity index (χ1n) is 4.38. The molecule has 16 heavy (non-hydrogen) atoms. The SMILES string of the molecule is O=C(O)C(F)(F)CCc1ccc(F)cc1F. The number of halogens is 4. The lowest BCUT2D eigenvalue weighted by atomic mass is 10.1. The fourth-order valence-corrected chi connectivity index (χ4v) is 1.12. The van der Waals surface area contributed by atoms with Crippen LogP contribution in [0.4, 0.5) is 17.6 Å². The molecule has 0 bridgehead atoms. The number of aryl methyl sites for hydroxylation is 1. The first-order chi connectivity index (χ1) is 7.33. The van der Waals surface area contributed by atoms with Crippen LogP contribution in [0.25, 0.3) is 0 Å². The molecule has 1 aromatic carbocycles. The van der Waals surface area contributed by atoms with Gasteiger partial charge in [-0.1, -0.05) is 6.07 Å². The van der Waals surface area contributed by atoms with Crippen molar-refractivity contribution in [2.24, 2.45) is 0 Å². The van der Waals surface area contributed by atoms with Gasteiger partial charge in [0.1, 0.15) is 11.6 Å². The Kier molecular flexibility index (Phi) is 3.51. The fourth-order valence-electron chi connectivity index (χ4n) is 1.12. The Hall–Kier alpha value is -1.59. The zero-order valence-electron chi connectivity index (χ0n) is 8.01. The fraction of sp³-hybridized carbons (Fsp3) is 0.300. The first kappa shape index (κ1) is 12.5. The predicted octanol–water partition coefficient (Wildman–Crippen LogP) is 2.62. The van der Waals surface area contributed by atoms with Gasteiger partial charge in [0, 0.05) is 12.5 Å². The van der Waals surface area contributed by atoms with Crippen LogP contribution in [0.1, 0.15) is 12.0 Å². The topological polar surface area (TPSA) is 37.3 Å². The highest BCUT2D eigenvalue weighted by molar-refractivity contribution is 5.75. The van der Waals surface area contributed by atoms with Gasteiger partial charge in [-0.3, -0.25) is 0 Å². The molecule has 1 N–H and O–H groups in total. The molecule has 88 valence electrons. The van der Waals surface area contributed by atoms with Crippen molar-refractivity contribution < 1.29 is 27.5 Å². The Balaban J connectivity index is 2.72. The maximum atomic E-state index is 13.0. The average Bonchev–Trinajstić information content (AvgIpc) is 2.16. The largest absolute Gasteiger partial charge is 0.477 e. The van der Waals surface area contributed by atoms with Crippen LogP contribution in [0.15, 0.2) is 18.2 Å². The number of rotatable bonds is 4. The van der Waals surface area contributed by atoms with Crippen LogP contribution in [0.2, 0.25) is 0 Å². The standard InChI is InChI=1S/C10H8F4O2/c11-7-2-1-6(8(12)5-7)3-4-10(13,14)9(15)16/h1-2,5H,3-4H2,(H,15,16). The average molecular weight is 236 g/mol. The van der Waals surface area contributed by atoms with Crippen LogP contribution in [0.5, 0.6) is 0 Å². The van der Waals surface area contributed by atoms with E-state index >= 15 is 0 Å². The summed E-state index contributed by atoms with van der Waals surface area (Å²) in [6.07, 6.45) is -1.49. The summed E-state index contributed by atoms with van der Waals surface area (Å²) >= 11 is 0. The minimum Gasteiger partial charge on any atom is -0.477 e. The number of carboxylic acid groups (broad SMARTS) is 1. The van der Waals surface area contributed by atoms with E-state index in [2.05, 4.69) is 0 Å². The van der Waals surface area contributed by atoms with Crippen LogP contribution >= 0.6 is 0 Å². The number of carboxylic acids is 1. The normalized spacial score (nSPS) is 11.5. The first-order valence-corrected chi connectivity index (χ1v) is 4.38. The predicted molar refractivity (Wildman–Crippen MR) is 47.3 cm³/mol. The number of alkyl halides is 2. The highest BCUT2D eigenvalue weighted by atomic mass is 19.3. The van der Waals surface area contributed by atoms with Crippen molar-refractivity contribution >= 4 is 5.97 Å². The van der Waals surface area contributed by atoms with Crippen molar-refractivity contribution in [3.8, 4) is 0 Å². The van der Waals surface area contributed by atoms with E-state index in [1.165, 1.54) is 0 Å². The van der Waals surface area contributed by atoms with Crippen molar-refractivity contribution in [2.45, 2.75) is 18.8 Å². The third-order valence-corrected chi connectivity index (χ3v) is 2.04. The number of aliphatic carboxylic acids is 1. The molecule has 0 aromatic heterocycles. The second-order valence-corrected chi connectivity index (χ2v) is 3.25. The van der Waals surface area contributed by atoms with Gasteiger partial charge in [0.05, 0.1) is 0 Å². The summed E-state index contributed by atoms with van der Waals surface area (Å²) in [7, 11) is 0. The minimum atomic E-state index is -3.90. The summed E-state index contributed by atoms with van der Waals surface area (Å²) in [6.45, 7) is 0. The molecule has 1 rings (SSSR count). The van der Waals surface area contributed by atoms with Gasteiger partial charge >= 0.3 is 11.9 Å². The molecule has 1 aromatic rings.